The summed E-state index contributed by atoms with van der Waals surface area (Å²) in [6, 6.07) is 0. The first-order valence-corrected chi connectivity index (χ1v) is 5.13. The second-order valence-electron chi connectivity index (χ2n) is 3.29. The van der Waals surface area contributed by atoms with Gasteiger partial charge in [-0.3, -0.25) is 9.59 Å². The predicted octanol–water partition coefficient (Wildman–Crippen LogP) is -2.67. The van der Waals surface area contributed by atoms with Crippen molar-refractivity contribution in [2.45, 2.75) is 6.10 Å². The molecule has 0 fully saturated rings. The SMILES string of the molecule is O=C(O)CNCCNCC(=O)OC(C(=O)O)C(=O)O. The molecule has 10 nitrogen and oxygen atoms in total. The van der Waals surface area contributed by atoms with Crippen molar-refractivity contribution in [2.24, 2.45) is 0 Å². The number of carbonyl (C=O) groups excluding carboxylic acids is 1. The zero-order valence-corrected chi connectivity index (χ0v) is 9.79. The van der Waals surface area contributed by atoms with Crippen LogP contribution in [0.4, 0.5) is 0 Å². The molecule has 0 spiro atoms. The Morgan fingerprint density at radius 2 is 1.37 bits per heavy atom. The van der Waals surface area contributed by atoms with E-state index in [1.54, 1.807) is 0 Å². The molecule has 19 heavy (non-hydrogen) atoms. The van der Waals surface area contributed by atoms with Crippen LogP contribution >= 0.6 is 0 Å². The lowest BCUT2D eigenvalue weighted by Crippen LogP contribution is -2.39. The van der Waals surface area contributed by atoms with E-state index in [1.807, 2.05) is 0 Å². The van der Waals surface area contributed by atoms with Crippen LogP contribution in [0.5, 0.6) is 0 Å². The standard InChI is InChI=1S/C9H14N2O8/c12-5(13)3-10-1-2-11-4-6(14)19-7(8(15)16)9(17)18/h7,10-11H,1-4H2,(H,12,13)(H,15,16)(H,17,18). The molecule has 0 heterocycles. The highest BCUT2D eigenvalue weighted by Gasteiger charge is 2.29. The Balaban J connectivity index is 3.77. The molecule has 0 aromatic carbocycles. The lowest BCUT2D eigenvalue weighted by molar-refractivity contribution is -0.174. The van der Waals surface area contributed by atoms with Gasteiger partial charge in [0.2, 0.25) is 0 Å². The van der Waals surface area contributed by atoms with E-state index in [0.29, 0.717) is 0 Å². The largest absolute Gasteiger partial charge is 0.480 e. The summed E-state index contributed by atoms with van der Waals surface area (Å²) in [5.74, 6) is -5.61. The van der Waals surface area contributed by atoms with Gasteiger partial charge < -0.3 is 30.7 Å². The van der Waals surface area contributed by atoms with Gasteiger partial charge in [0.05, 0.1) is 13.1 Å². The number of esters is 1. The first-order chi connectivity index (χ1) is 8.84. The molecule has 0 atom stereocenters. The number of nitrogens with one attached hydrogen (secondary N) is 2. The first kappa shape index (κ1) is 16.8. The minimum absolute atomic E-state index is 0.229. The fourth-order valence-electron chi connectivity index (χ4n) is 0.942. The molecule has 10 heteroatoms. The van der Waals surface area contributed by atoms with Gasteiger partial charge in [-0.15, -0.1) is 0 Å². The van der Waals surface area contributed by atoms with E-state index in [9.17, 15) is 19.2 Å². The molecular weight excluding hydrogens is 264 g/mol. The van der Waals surface area contributed by atoms with Crippen molar-refractivity contribution < 1.29 is 39.2 Å². The van der Waals surface area contributed by atoms with Gasteiger partial charge in [-0.25, -0.2) is 9.59 Å². The molecule has 0 aliphatic heterocycles. The van der Waals surface area contributed by atoms with Crippen molar-refractivity contribution in [3.05, 3.63) is 0 Å². The van der Waals surface area contributed by atoms with Crippen molar-refractivity contribution in [1.82, 2.24) is 10.6 Å². The Morgan fingerprint density at radius 1 is 0.895 bits per heavy atom. The lowest BCUT2D eigenvalue weighted by atomic mass is 10.4. The van der Waals surface area contributed by atoms with E-state index in [1.165, 1.54) is 0 Å². The third-order valence-electron chi connectivity index (χ3n) is 1.72. The van der Waals surface area contributed by atoms with E-state index >= 15 is 0 Å². The van der Waals surface area contributed by atoms with Gasteiger partial charge in [0.15, 0.2) is 0 Å². The van der Waals surface area contributed by atoms with Gasteiger partial charge >= 0.3 is 23.9 Å². The quantitative estimate of drug-likeness (QED) is 0.162. The van der Waals surface area contributed by atoms with Gasteiger partial charge in [-0.1, -0.05) is 0 Å². The highest BCUT2D eigenvalue weighted by atomic mass is 16.6. The maximum absolute atomic E-state index is 11.1. The number of carbonyl (C=O) groups is 4. The molecule has 0 amide bonds. The third-order valence-corrected chi connectivity index (χ3v) is 1.72. The zero-order chi connectivity index (χ0) is 14.8. The molecule has 0 aliphatic carbocycles. The molecule has 108 valence electrons. The number of carboxylic acid groups (broad SMARTS) is 3. The number of carboxylic acids is 3. The fourth-order valence-corrected chi connectivity index (χ4v) is 0.942. The van der Waals surface area contributed by atoms with Gasteiger partial charge in [0.1, 0.15) is 0 Å². The van der Waals surface area contributed by atoms with Crippen LogP contribution in [-0.4, -0.2) is 71.5 Å². The summed E-state index contributed by atoms with van der Waals surface area (Å²) in [5.41, 5.74) is 0. The van der Waals surface area contributed by atoms with Gasteiger partial charge in [-0.2, -0.15) is 0 Å². The second-order valence-corrected chi connectivity index (χ2v) is 3.29. The molecule has 0 rings (SSSR count). The zero-order valence-electron chi connectivity index (χ0n) is 9.79. The minimum atomic E-state index is -2.24. The second kappa shape index (κ2) is 8.83. The molecule has 0 unspecified atom stereocenters. The molecule has 0 aromatic rings. The van der Waals surface area contributed by atoms with Crippen LogP contribution in [0.2, 0.25) is 0 Å². The van der Waals surface area contributed by atoms with Crippen LogP contribution in [0.3, 0.4) is 0 Å². The third kappa shape index (κ3) is 8.51. The maximum Gasteiger partial charge on any atom is 0.356 e. The maximum atomic E-state index is 11.1. The molecule has 5 N–H and O–H groups in total. The average molecular weight is 278 g/mol. The molecule has 0 aliphatic rings. The van der Waals surface area contributed by atoms with E-state index in [2.05, 4.69) is 15.4 Å². The van der Waals surface area contributed by atoms with Crippen molar-refractivity contribution in [1.29, 1.82) is 0 Å². The van der Waals surface area contributed by atoms with Crippen LogP contribution < -0.4 is 10.6 Å². The highest BCUT2D eigenvalue weighted by Crippen LogP contribution is 1.93. The van der Waals surface area contributed by atoms with E-state index in [4.69, 9.17) is 15.3 Å². The summed E-state index contributed by atoms with van der Waals surface area (Å²) in [5, 5.41) is 30.2. The molecule has 0 radical (unpaired) electrons. The predicted molar refractivity (Wildman–Crippen MR) is 58.5 cm³/mol. The molecule has 0 bridgehead atoms. The summed E-state index contributed by atoms with van der Waals surface area (Å²) in [4.78, 5) is 42.0. The van der Waals surface area contributed by atoms with Crippen molar-refractivity contribution >= 4 is 23.9 Å². The van der Waals surface area contributed by atoms with Crippen LogP contribution in [0.15, 0.2) is 0 Å². The minimum Gasteiger partial charge on any atom is -0.480 e. The molecular formula is C9H14N2O8. The van der Waals surface area contributed by atoms with Gasteiger partial charge in [-0.05, 0) is 0 Å². The number of aliphatic carboxylic acids is 3. The summed E-state index contributed by atoms with van der Waals surface area (Å²) in [6.45, 7) is -0.119. The Kier molecular flexibility index (Phi) is 7.81. The number of hydrogen-bond acceptors (Lipinski definition) is 7. The van der Waals surface area contributed by atoms with Crippen LogP contribution in [-0.2, 0) is 23.9 Å². The van der Waals surface area contributed by atoms with Gasteiger partial charge in [0, 0.05) is 13.1 Å². The van der Waals surface area contributed by atoms with E-state index < -0.39 is 30.0 Å². The number of hydrogen-bond donors (Lipinski definition) is 5. The monoisotopic (exact) mass is 278 g/mol. The van der Waals surface area contributed by atoms with Crippen molar-refractivity contribution in [2.75, 3.05) is 26.2 Å². The summed E-state index contributed by atoms with van der Waals surface area (Å²) in [7, 11) is 0. The Hall–Kier alpha value is -2.20. The topological polar surface area (TPSA) is 162 Å². The number of rotatable bonds is 10. The lowest BCUT2D eigenvalue weighted by Gasteiger charge is -2.10. The molecule has 0 aromatic heterocycles. The molecule has 0 saturated carbocycles. The van der Waals surface area contributed by atoms with E-state index in [-0.39, 0.29) is 26.2 Å². The number of ether oxygens (including phenoxy) is 1. The van der Waals surface area contributed by atoms with Crippen LogP contribution in [0, 0.1) is 0 Å². The normalized spacial score (nSPS) is 10.2. The van der Waals surface area contributed by atoms with E-state index in [0.717, 1.165) is 0 Å². The summed E-state index contributed by atoms with van der Waals surface area (Å²) < 4.78 is 4.20. The fraction of sp³-hybridized carbons (Fsp3) is 0.556. The smallest absolute Gasteiger partial charge is 0.356 e. The average Bonchev–Trinajstić information content (AvgIpc) is 2.29. The molecule has 0 saturated heterocycles. The Labute approximate surface area is 107 Å². The first-order valence-electron chi connectivity index (χ1n) is 5.13. The Bertz CT molecular complexity index is 342. The summed E-state index contributed by atoms with van der Waals surface area (Å²) >= 11 is 0. The Morgan fingerprint density at radius 3 is 1.79 bits per heavy atom. The van der Waals surface area contributed by atoms with Crippen molar-refractivity contribution in [3.8, 4) is 0 Å². The summed E-state index contributed by atoms with van der Waals surface area (Å²) in [6.07, 6.45) is -2.24. The van der Waals surface area contributed by atoms with Gasteiger partial charge in [0.25, 0.3) is 6.10 Å². The van der Waals surface area contributed by atoms with Crippen LogP contribution in [0.1, 0.15) is 0 Å². The van der Waals surface area contributed by atoms with Crippen LogP contribution in [0.25, 0.3) is 0 Å². The van der Waals surface area contributed by atoms with Crippen molar-refractivity contribution in [3.63, 3.8) is 0 Å². The highest BCUT2D eigenvalue weighted by molar-refractivity contribution is 5.98.